The third kappa shape index (κ3) is 3.15. The summed E-state index contributed by atoms with van der Waals surface area (Å²) in [7, 11) is 0. The molecule has 1 aromatic heterocycles. The van der Waals surface area contributed by atoms with Gasteiger partial charge in [0.15, 0.2) is 0 Å². The van der Waals surface area contributed by atoms with Crippen molar-refractivity contribution < 1.29 is 0 Å². The molecular weight excluding hydrogens is 256 g/mol. The lowest BCUT2D eigenvalue weighted by Crippen LogP contribution is -2.55. The maximum absolute atomic E-state index is 4.28. The molecule has 3 rings (SSSR count). The molecule has 1 aliphatic carbocycles. The number of nitrogens with zero attached hydrogens (tertiary/aromatic N) is 2. The Hall–Kier alpha value is -0.520. The van der Waals surface area contributed by atoms with Crippen LogP contribution in [-0.2, 0) is 6.54 Å². The van der Waals surface area contributed by atoms with Gasteiger partial charge in [0.1, 0.15) is 5.82 Å². The minimum Gasteiger partial charge on any atom is -0.348 e. The lowest BCUT2D eigenvalue weighted by atomic mass is 9.94. The van der Waals surface area contributed by atoms with Crippen molar-refractivity contribution in [2.24, 2.45) is 0 Å². The number of H-pyrrole nitrogens is 1. The Morgan fingerprint density at radius 3 is 2.79 bits per heavy atom. The molecule has 4 nitrogen and oxygen atoms in total. The molecule has 2 heterocycles. The van der Waals surface area contributed by atoms with Gasteiger partial charge in [0.05, 0.1) is 6.54 Å². The van der Waals surface area contributed by atoms with Crippen molar-refractivity contribution in [3.8, 4) is 0 Å². The van der Waals surface area contributed by atoms with E-state index in [0.29, 0.717) is 5.54 Å². The molecule has 2 aliphatic rings. The molecule has 1 saturated carbocycles. The van der Waals surface area contributed by atoms with Crippen molar-refractivity contribution in [2.75, 3.05) is 31.1 Å². The van der Waals surface area contributed by atoms with Crippen molar-refractivity contribution in [2.45, 2.75) is 37.8 Å². The Labute approximate surface area is 119 Å². The first-order valence-electron chi connectivity index (χ1n) is 7.41. The predicted molar refractivity (Wildman–Crippen MR) is 80.4 cm³/mol. The summed E-state index contributed by atoms with van der Waals surface area (Å²) in [5.41, 5.74) is 0.424. The molecule has 0 atom stereocenters. The molecule has 1 aromatic rings. The molecule has 0 radical (unpaired) electrons. The number of thioether (sulfide) groups is 1. The number of hydrogen-bond donors (Lipinski definition) is 2. The molecular formula is C14H24N4S. The fourth-order valence-electron chi connectivity index (χ4n) is 3.48. The monoisotopic (exact) mass is 280 g/mol. The van der Waals surface area contributed by atoms with Gasteiger partial charge in [0, 0.05) is 49.1 Å². The van der Waals surface area contributed by atoms with Gasteiger partial charge < -0.3 is 10.3 Å². The smallest absolute Gasteiger partial charge is 0.120 e. The summed E-state index contributed by atoms with van der Waals surface area (Å²) < 4.78 is 0. The van der Waals surface area contributed by atoms with Crippen LogP contribution in [0.25, 0.3) is 0 Å². The first-order chi connectivity index (χ1) is 9.39. The fourth-order valence-corrected chi connectivity index (χ4v) is 4.39. The van der Waals surface area contributed by atoms with E-state index >= 15 is 0 Å². The second kappa shape index (κ2) is 6.29. The highest BCUT2D eigenvalue weighted by Crippen LogP contribution is 2.36. The average Bonchev–Trinajstić information content (AvgIpc) is 3.12. The molecule has 1 saturated heterocycles. The molecule has 1 aliphatic heterocycles. The van der Waals surface area contributed by atoms with E-state index in [1.165, 1.54) is 50.3 Å². The van der Waals surface area contributed by atoms with E-state index in [0.717, 1.165) is 18.9 Å². The number of rotatable bonds is 5. The largest absolute Gasteiger partial charge is 0.348 e. The van der Waals surface area contributed by atoms with Crippen molar-refractivity contribution >= 4 is 11.8 Å². The Bertz CT molecular complexity index is 367. The van der Waals surface area contributed by atoms with Gasteiger partial charge in [-0.3, -0.25) is 4.90 Å². The van der Waals surface area contributed by atoms with Crippen molar-refractivity contribution in [3.63, 3.8) is 0 Å². The van der Waals surface area contributed by atoms with Crippen molar-refractivity contribution in [1.29, 1.82) is 0 Å². The zero-order valence-corrected chi connectivity index (χ0v) is 12.3. The number of hydrogen-bond acceptors (Lipinski definition) is 4. The number of aromatic nitrogens is 2. The zero-order valence-electron chi connectivity index (χ0n) is 11.5. The lowest BCUT2D eigenvalue weighted by Gasteiger charge is -2.43. The molecule has 0 amide bonds. The van der Waals surface area contributed by atoms with E-state index in [2.05, 4.69) is 31.9 Å². The van der Waals surface area contributed by atoms with E-state index in [9.17, 15) is 0 Å². The molecule has 5 heteroatoms. The predicted octanol–water partition coefficient (Wildman–Crippen LogP) is 1.86. The molecule has 0 bridgehead atoms. The van der Waals surface area contributed by atoms with Crippen LogP contribution in [0, 0.1) is 0 Å². The third-order valence-electron chi connectivity index (χ3n) is 4.52. The van der Waals surface area contributed by atoms with E-state index in [-0.39, 0.29) is 0 Å². The molecule has 0 unspecified atom stereocenters. The van der Waals surface area contributed by atoms with Crippen LogP contribution in [0.2, 0.25) is 0 Å². The topological polar surface area (TPSA) is 44.0 Å². The van der Waals surface area contributed by atoms with Gasteiger partial charge >= 0.3 is 0 Å². The van der Waals surface area contributed by atoms with E-state index in [1.54, 1.807) is 0 Å². The highest BCUT2D eigenvalue weighted by Gasteiger charge is 2.39. The molecule has 19 heavy (non-hydrogen) atoms. The minimum atomic E-state index is 0.424. The van der Waals surface area contributed by atoms with Crippen molar-refractivity contribution in [3.05, 3.63) is 18.2 Å². The fraction of sp³-hybridized carbons (Fsp3) is 0.786. The molecule has 2 fully saturated rings. The quantitative estimate of drug-likeness (QED) is 0.864. The number of imidazole rings is 1. The maximum Gasteiger partial charge on any atom is 0.120 e. The summed E-state index contributed by atoms with van der Waals surface area (Å²) in [6.07, 6.45) is 9.23. The first kappa shape index (κ1) is 13.5. The third-order valence-corrected chi connectivity index (χ3v) is 5.46. The van der Waals surface area contributed by atoms with Crippen LogP contribution in [0.15, 0.2) is 12.4 Å². The van der Waals surface area contributed by atoms with Crippen LogP contribution in [0.3, 0.4) is 0 Å². The minimum absolute atomic E-state index is 0.424. The van der Waals surface area contributed by atoms with E-state index in [1.807, 2.05) is 12.4 Å². The SMILES string of the molecule is c1c[nH]c(CNCC2(N3CCSCC3)CCCC2)n1. The summed E-state index contributed by atoms with van der Waals surface area (Å²) in [5, 5.41) is 3.63. The second-order valence-corrected chi connectivity index (χ2v) is 6.90. The Morgan fingerprint density at radius 2 is 2.11 bits per heavy atom. The van der Waals surface area contributed by atoms with Crippen molar-refractivity contribution in [1.82, 2.24) is 20.2 Å². The van der Waals surface area contributed by atoms with E-state index < -0.39 is 0 Å². The van der Waals surface area contributed by atoms with Crippen LogP contribution in [0.4, 0.5) is 0 Å². The normalized spacial score (nSPS) is 23.8. The number of aromatic amines is 1. The lowest BCUT2D eigenvalue weighted by molar-refractivity contribution is 0.102. The average molecular weight is 280 g/mol. The summed E-state index contributed by atoms with van der Waals surface area (Å²) in [4.78, 5) is 10.2. The molecule has 2 N–H and O–H groups in total. The number of nitrogens with one attached hydrogen (secondary N) is 2. The standard InChI is InChI=1S/C14H24N4S/c1-2-4-14(3-1,18-7-9-19-10-8-18)12-15-11-13-16-5-6-17-13/h5-6,15H,1-4,7-12H2,(H,16,17). The highest BCUT2D eigenvalue weighted by atomic mass is 32.2. The first-order valence-corrected chi connectivity index (χ1v) is 8.56. The molecule has 0 spiro atoms. The Balaban J connectivity index is 1.57. The van der Waals surface area contributed by atoms with Crippen LogP contribution in [0.5, 0.6) is 0 Å². The second-order valence-electron chi connectivity index (χ2n) is 5.67. The Morgan fingerprint density at radius 1 is 1.32 bits per heavy atom. The van der Waals surface area contributed by atoms with Crippen LogP contribution in [0.1, 0.15) is 31.5 Å². The van der Waals surface area contributed by atoms with Crippen LogP contribution in [-0.4, -0.2) is 51.5 Å². The van der Waals surface area contributed by atoms with Gasteiger partial charge in [-0.15, -0.1) is 0 Å². The van der Waals surface area contributed by atoms with Crippen LogP contribution >= 0.6 is 11.8 Å². The van der Waals surface area contributed by atoms with Gasteiger partial charge in [0.2, 0.25) is 0 Å². The van der Waals surface area contributed by atoms with Gasteiger partial charge in [-0.25, -0.2) is 4.98 Å². The highest BCUT2D eigenvalue weighted by molar-refractivity contribution is 7.99. The zero-order chi connectivity index (χ0) is 13.0. The summed E-state index contributed by atoms with van der Waals surface area (Å²) >= 11 is 2.10. The summed E-state index contributed by atoms with van der Waals surface area (Å²) in [6, 6.07) is 0. The molecule has 0 aromatic carbocycles. The van der Waals surface area contributed by atoms with Gasteiger partial charge in [-0.2, -0.15) is 11.8 Å². The van der Waals surface area contributed by atoms with Crippen LogP contribution < -0.4 is 5.32 Å². The van der Waals surface area contributed by atoms with Gasteiger partial charge in [-0.05, 0) is 12.8 Å². The van der Waals surface area contributed by atoms with Gasteiger partial charge in [0.25, 0.3) is 0 Å². The summed E-state index contributed by atoms with van der Waals surface area (Å²) in [5.74, 6) is 3.65. The summed E-state index contributed by atoms with van der Waals surface area (Å²) in [6.45, 7) is 4.51. The maximum atomic E-state index is 4.28. The van der Waals surface area contributed by atoms with Gasteiger partial charge in [-0.1, -0.05) is 12.8 Å². The Kier molecular flexibility index (Phi) is 4.45. The van der Waals surface area contributed by atoms with E-state index in [4.69, 9.17) is 0 Å². The molecule has 106 valence electrons.